The number of rotatable bonds is 0. The van der Waals surface area contributed by atoms with Crippen molar-refractivity contribution in [3.8, 4) is 12.3 Å². The molecule has 1 heterocycles. The van der Waals surface area contributed by atoms with E-state index in [4.69, 9.17) is 12.2 Å². The molecule has 0 aliphatic rings. The van der Waals surface area contributed by atoms with E-state index in [2.05, 4.69) is 10.9 Å². The summed E-state index contributed by atoms with van der Waals surface area (Å²) in [7, 11) is 0. The molecule has 0 radical (unpaired) electrons. The molecule has 1 aromatic rings. The van der Waals surface area contributed by atoms with Gasteiger partial charge in [0.05, 0.1) is 11.3 Å². The number of aryl methyl sites for hydroxylation is 1. The number of nitrogen functional groups attached to an aromatic ring is 1. The zero-order valence-corrected chi connectivity index (χ0v) is 5.76. The van der Waals surface area contributed by atoms with Gasteiger partial charge in [-0.1, -0.05) is 5.92 Å². The van der Waals surface area contributed by atoms with Gasteiger partial charge in [0.25, 0.3) is 0 Å². The summed E-state index contributed by atoms with van der Waals surface area (Å²) in [5.74, 6) is 2.45. The summed E-state index contributed by atoms with van der Waals surface area (Å²) in [5, 5.41) is 0. The van der Waals surface area contributed by atoms with Gasteiger partial charge in [0.2, 0.25) is 0 Å². The Labute approximate surface area is 60.1 Å². The largest absolute Gasteiger partial charge is 0.397 e. The van der Waals surface area contributed by atoms with E-state index in [9.17, 15) is 0 Å². The number of nitrogens with two attached hydrogens (primary N) is 1. The fourth-order valence-corrected chi connectivity index (χ4v) is 0.690. The number of pyridine rings is 1. The first-order valence-corrected chi connectivity index (χ1v) is 2.92. The first-order chi connectivity index (χ1) is 4.75. The van der Waals surface area contributed by atoms with Crippen LogP contribution in [0.1, 0.15) is 11.1 Å². The molecule has 1 aromatic heterocycles. The molecule has 2 heteroatoms. The second kappa shape index (κ2) is 2.40. The third-order valence-electron chi connectivity index (χ3n) is 1.34. The van der Waals surface area contributed by atoms with Crippen LogP contribution in [0.2, 0.25) is 0 Å². The minimum Gasteiger partial charge on any atom is -0.397 e. The maximum atomic E-state index is 5.61. The zero-order chi connectivity index (χ0) is 7.56. The van der Waals surface area contributed by atoms with Crippen LogP contribution in [0.15, 0.2) is 12.4 Å². The van der Waals surface area contributed by atoms with Gasteiger partial charge in [0.1, 0.15) is 0 Å². The van der Waals surface area contributed by atoms with Crippen LogP contribution in [-0.2, 0) is 0 Å². The number of hydrogen-bond donors (Lipinski definition) is 1. The van der Waals surface area contributed by atoms with Gasteiger partial charge in [-0.2, -0.15) is 0 Å². The zero-order valence-electron chi connectivity index (χ0n) is 5.76. The van der Waals surface area contributed by atoms with Crippen molar-refractivity contribution in [1.82, 2.24) is 4.98 Å². The number of hydrogen-bond acceptors (Lipinski definition) is 2. The van der Waals surface area contributed by atoms with Gasteiger partial charge < -0.3 is 5.73 Å². The van der Waals surface area contributed by atoms with Crippen LogP contribution in [0, 0.1) is 19.3 Å². The van der Waals surface area contributed by atoms with Crippen LogP contribution in [-0.4, -0.2) is 4.98 Å². The highest BCUT2D eigenvalue weighted by atomic mass is 14.7. The Bertz CT molecular complexity index is 284. The van der Waals surface area contributed by atoms with Crippen LogP contribution in [0.3, 0.4) is 0 Å². The van der Waals surface area contributed by atoms with Crippen molar-refractivity contribution in [3.63, 3.8) is 0 Å². The molecule has 0 spiro atoms. The van der Waals surface area contributed by atoms with Crippen LogP contribution >= 0.6 is 0 Å². The van der Waals surface area contributed by atoms with Crippen molar-refractivity contribution < 1.29 is 0 Å². The maximum absolute atomic E-state index is 5.61. The topological polar surface area (TPSA) is 38.9 Å². The molecule has 10 heavy (non-hydrogen) atoms. The van der Waals surface area contributed by atoms with Crippen molar-refractivity contribution in [3.05, 3.63) is 23.5 Å². The molecule has 0 aliphatic carbocycles. The number of nitrogens with zero attached hydrogens (tertiary/aromatic N) is 1. The average Bonchev–Trinajstić information content (AvgIpc) is 1.95. The highest BCUT2D eigenvalue weighted by Crippen LogP contribution is 2.12. The highest BCUT2D eigenvalue weighted by molar-refractivity contribution is 5.57. The first kappa shape index (κ1) is 6.63. The molecule has 0 saturated carbocycles. The molecule has 1 rings (SSSR count). The Balaban J connectivity index is 3.31. The quantitative estimate of drug-likeness (QED) is 0.534. The molecular weight excluding hydrogens is 124 g/mol. The predicted molar refractivity (Wildman–Crippen MR) is 41.3 cm³/mol. The molecule has 0 atom stereocenters. The van der Waals surface area contributed by atoms with Gasteiger partial charge in [-0.25, -0.2) is 0 Å². The molecular formula is C8H8N2. The average molecular weight is 132 g/mol. The Morgan fingerprint density at radius 2 is 2.30 bits per heavy atom. The molecule has 50 valence electrons. The second-order valence-corrected chi connectivity index (χ2v) is 2.06. The Morgan fingerprint density at radius 3 is 2.80 bits per heavy atom. The molecule has 2 nitrogen and oxygen atoms in total. The molecule has 0 fully saturated rings. The minimum atomic E-state index is 0.650. The molecule has 0 bridgehead atoms. The summed E-state index contributed by atoms with van der Waals surface area (Å²) in [5.41, 5.74) is 7.85. The van der Waals surface area contributed by atoms with Crippen molar-refractivity contribution in [2.75, 3.05) is 5.73 Å². The van der Waals surface area contributed by atoms with Crippen molar-refractivity contribution >= 4 is 5.69 Å². The third-order valence-corrected chi connectivity index (χ3v) is 1.34. The summed E-state index contributed by atoms with van der Waals surface area (Å²) in [4.78, 5) is 3.89. The molecule has 2 N–H and O–H groups in total. The van der Waals surface area contributed by atoms with E-state index in [1.165, 1.54) is 0 Å². The van der Waals surface area contributed by atoms with E-state index in [0.717, 1.165) is 5.56 Å². The van der Waals surface area contributed by atoms with Gasteiger partial charge >= 0.3 is 0 Å². The fourth-order valence-electron chi connectivity index (χ4n) is 0.690. The lowest BCUT2D eigenvalue weighted by Gasteiger charge is -1.99. The highest BCUT2D eigenvalue weighted by Gasteiger charge is 1.96. The maximum Gasteiger partial charge on any atom is 0.0658 e. The predicted octanol–water partition coefficient (Wildman–Crippen LogP) is 0.954. The Kier molecular flexibility index (Phi) is 1.59. The van der Waals surface area contributed by atoms with E-state index in [1.54, 1.807) is 12.4 Å². The third kappa shape index (κ3) is 0.939. The lowest BCUT2D eigenvalue weighted by Crippen LogP contribution is -1.94. The monoisotopic (exact) mass is 132 g/mol. The molecule has 0 aromatic carbocycles. The van der Waals surface area contributed by atoms with E-state index >= 15 is 0 Å². The first-order valence-electron chi connectivity index (χ1n) is 2.92. The summed E-state index contributed by atoms with van der Waals surface area (Å²) in [6, 6.07) is 0. The van der Waals surface area contributed by atoms with Crippen LogP contribution in [0.4, 0.5) is 5.69 Å². The molecule has 0 saturated heterocycles. The van der Waals surface area contributed by atoms with Crippen molar-refractivity contribution in [2.24, 2.45) is 0 Å². The van der Waals surface area contributed by atoms with Gasteiger partial charge in [0.15, 0.2) is 0 Å². The van der Waals surface area contributed by atoms with Crippen LogP contribution < -0.4 is 5.73 Å². The number of anilines is 1. The van der Waals surface area contributed by atoms with Crippen LogP contribution in [0.5, 0.6) is 0 Å². The van der Waals surface area contributed by atoms with Gasteiger partial charge in [-0.15, -0.1) is 6.42 Å². The Morgan fingerprint density at radius 1 is 1.60 bits per heavy atom. The molecule has 0 aliphatic heterocycles. The summed E-state index contributed by atoms with van der Waals surface area (Å²) in [6.45, 7) is 1.88. The smallest absolute Gasteiger partial charge is 0.0658 e. The Hall–Kier alpha value is -1.49. The SMILES string of the molecule is C#Cc1cncc(C)c1N. The van der Waals surface area contributed by atoms with Crippen molar-refractivity contribution in [2.45, 2.75) is 6.92 Å². The number of aromatic nitrogens is 1. The van der Waals surface area contributed by atoms with E-state index < -0.39 is 0 Å². The van der Waals surface area contributed by atoms with E-state index in [-0.39, 0.29) is 0 Å². The summed E-state index contributed by atoms with van der Waals surface area (Å²) >= 11 is 0. The van der Waals surface area contributed by atoms with Crippen molar-refractivity contribution in [1.29, 1.82) is 0 Å². The van der Waals surface area contributed by atoms with E-state index in [0.29, 0.717) is 11.3 Å². The van der Waals surface area contributed by atoms with E-state index in [1.807, 2.05) is 6.92 Å². The lowest BCUT2D eigenvalue weighted by molar-refractivity contribution is 1.26. The fraction of sp³-hybridized carbons (Fsp3) is 0.125. The second-order valence-electron chi connectivity index (χ2n) is 2.06. The normalized spacial score (nSPS) is 8.80. The number of terminal acetylenes is 1. The summed E-state index contributed by atoms with van der Waals surface area (Å²) < 4.78 is 0. The standard InChI is InChI=1S/C8H8N2/c1-3-7-5-10-4-6(2)8(7)9/h1,4-5H,2H3,(H2,9,10). The molecule has 0 unspecified atom stereocenters. The van der Waals surface area contributed by atoms with Gasteiger partial charge in [0, 0.05) is 12.4 Å². The lowest BCUT2D eigenvalue weighted by atomic mass is 10.2. The summed E-state index contributed by atoms with van der Waals surface area (Å²) in [6.07, 6.45) is 8.43. The van der Waals surface area contributed by atoms with Gasteiger partial charge in [-0.3, -0.25) is 4.98 Å². The minimum absolute atomic E-state index is 0.650. The molecule has 0 amide bonds. The van der Waals surface area contributed by atoms with Gasteiger partial charge in [-0.05, 0) is 12.5 Å². The van der Waals surface area contributed by atoms with Crippen LogP contribution in [0.25, 0.3) is 0 Å².